The SMILES string of the molecule is Cc1cccc(Cc2nnc(NC(=O)C3C=CCN3)s2)c1.Cl. The summed E-state index contributed by atoms with van der Waals surface area (Å²) in [4.78, 5) is 11.9. The molecule has 0 saturated carbocycles. The van der Waals surface area contributed by atoms with Crippen molar-refractivity contribution >= 4 is 34.8 Å². The van der Waals surface area contributed by atoms with Gasteiger partial charge in [0.2, 0.25) is 11.0 Å². The summed E-state index contributed by atoms with van der Waals surface area (Å²) in [7, 11) is 0. The molecular weight excluding hydrogens is 320 g/mol. The maximum atomic E-state index is 11.9. The number of nitrogens with zero attached hydrogens (tertiary/aromatic N) is 2. The number of hydrogen-bond donors (Lipinski definition) is 2. The van der Waals surface area contributed by atoms with E-state index in [1.807, 2.05) is 18.2 Å². The van der Waals surface area contributed by atoms with Gasteiger partial charge in [-0.25, -0.2) is 0 Å². The molecule has 3 rings (SSSR count). The highest BCUT2D eigenvalue weighted by atomic mass is 35.5. The van der Waals surface area contributed by atoms with Gasteiger partial charge in [-0.1, -0.05) is 53.3 Å². The summed E-state index contributed by atoms with van der Waals surface area (Å²) in [6.07, 6.45) is 4.52. The third kappa shape index (κ3) is 4.13. The van der Waals surface area contributed by atoms with E-state index in [-0.39, 0.29) is 24.4 Å². The first-order valence-corrected chi connectivity index (χ1v) is 7.61. The van der Waals surface area contributed by atoms with E-state index < -0.39 is 0 Å². The van der Waals surface area contributed by atoms with Crippen molar-refractivity contribution in [2.75, 3.05) is 11.9 Å². The second-order valence-corrected chi connectivity index (χ2v) is 6.03. The minimum Gasteiger partial charge on any atom is -0.299 e. The fourth-order valence-electron chi connectivity index (χ4n) is 2.20. The molecule has 5 nitrogen and oxygen atoms in total. The first-order chi connectivity index (χ1) is 10.2. The lowest BCUT2D eigenvalue weighted by Gasteiger charge is -2.06. The van der Waals surface area contributed by atoms with E-state index in [9.17, 15) is 4.79 Å². The minimum atomic E-state index is -0.269. The van der Waals surface area contributed by atoms with Crippen molar-refractivity contribution in [3.8, 4) is 0 Å². The smallest absolute Gasteiger partial charge is 0.247 e. The molecular formula is C15H17ClN4OS. The van der Waals surface area contributed by atoms with Gasteiger partial charge in [0.1, 0.15) is 11.0 Å². The molecule has 1 aliphatic heterocycles. The van der Waals surface area contributed by atoms with Crippen molar-refractivity contribution in [3.63, 3.8) is 0 Å². The molecule has 0 fully saturated rings. The molecule has 2 aromatic rings. The molecule has 1 aromatic heterocycles. The van der Waals surface area contributed by atoms with E-state index in [0.29, 0.717) is 5.13 Å². The molecule has 7 heteroatoms. The van der Waals surface area contributed by atoms with E-state index in [0.717, 1.165) is 18.0 Å². The van der Waals surface area contributed by atoms with Gasteiger partial charge in [-0.05, 0) is 12.5 Å². The Labute approximate surface area is 139 Å². The number of anilines is 1. The quantitative estimate of drug-likeness (QED) is 0.841. The fraction of sp³-hybridized carbons (Fsp3) is 0.267. The van der Waals surface area contributed by atoms with E-state index in [1.165, 1.54) is 22.5 Å². The van der Waals surface area contributed by atoms with Crippen molar-refractivity contribution in [2.24, 2.45) is 0 Å². The van der Waals surface area contributed by atoms with Crippen molar-refractivity contribution in [1.29, 1.82) is 0 Å². The average molecular weight is 337 g/mol. The largest absolute Gasteiger partial charge is 0.299 e. The second-order valence-electron chi connectivity index (χ2n) is 4.97. The Morgan fingerprint density at radius 3 is 3.05 bits per heavy atom. The summed E-state index contributed by atoms with van der Waals surface area (Å²) < 4.78 is 0. The topological polar surface area (TPSA) is 66.9 Å². The zero-order valence-electron chi connectivity index (χ0n) is 12.1. The van der Waals surface area contributed by atoms with Crippen molar-refractivity contribution in [3.05, 3.63) is 52.6 Å². The van der Waals surface area contributed by atoms with Gasteiger partial charge in [0.15, 0.2) is 0 Å². The number of carbonyl (C=O) groups excluding carboxylic acids is 1. The van der Waals surface area contributed by atoms with Crippen LogP contribution in [0.4, 0.5) is 5.13 Å². The third-order valence-electron chi connectivity index (χ3n) is 3.20. The van der Waals surface area contributed by atoms with Crippen molar-refractivity contribution < 1.29 is 4.79 Å². The highest BCUT2D eigenvalue weighted by Crippen LogP contribution is 2.19. The van der Waals surface area contributed by atoms with Gasteiger partial charge in [-0.2, -0.15) is 0 Å². The normalized spacial score (nSPS) is 16.3. The van der Waals surface area contributed by atoms with E-state index in [2.05, 4.69) is 46.0 Å². The Morgan fingerprint density at radius 1 is 1.45 bits per heavy atom. The lowest BCUT2D eigenvalue weighted by Crippen LogP contribution is -2.35. The monoisotopic (exact) mass is 336 g/mol. The van der Waals surface area contributed by atoms with Crippen LogP contribution in [0.25, 0.3) is 0 Å². The number of nitrogens with one attached hydrogen (secondary N) is 2. The number of hydrogen-bond acceptors (Lipinski definition) is 5. The molecule has 22 heavy (non-hydrogen) atoms. The van der Waals surface area contributed by atoms with Crippen LogP contribution in [0, 0.1) is 6.92 Å². The molecule has 2 heterocycles. The van der Waals surface area contributed by atoms with E-state index in [1.54, 1.807) is 0 Å². The Hall–Kier alpha value is -1.76. The minimum absolute atomic E-state index is 0. The van der Waals surface area contributed by atoms with Gasteiger partial charge in [0.05, 0.1) is 0 Å². The third-order valence-corrected chi connectivity index (χ3v) is 4.04. The standard InChI is InChI=1S/C15H16N4OS.ClH/c1-10-4-2-5-11(8-10)9-13-18-19-15(21-13)17-14(20)12-6-3-7-16-12;/h2-6,8,12,16H,7,9H2,1H3,(H,17,19,20);1H. The Morgan fingerprint density at radius 2 is 2.32 bits per heavy atom. The highest BCUT2D eigenvalue weighted by molar-refractivity contribution is 7.15. The highest BCUT2D eigenvalue weighted by Gasteiger charge is 2.18. The molecule has 1 unspecified atom stereocenters. The molecule has 0 bridgehead atoms. The number of rotatable bonds is 4. The second kappa shape index (κ2) is 7.49. The summed E-state index contributed by atoms with van der Waals surface area (Å²) in [5.41, 5.74) is 2.43. The lowest BCUT2D eigenvalue weighted by atomic mass is 10.1. The zero-order chi connectivity index (χ0) is 14.7. The van der Waals surface area contributed by atoms with Crippen molar-refractivity contribution in [1.82, 2.24) is 15.5 Å². The molecule has 1 atom stereocenters. The summed E-state index contributed by atoms with van der Waals surface area (Å²) in [6, 6.07) is 8.03. The van der Waals surface area contributed by atoms with Crippen LogP contribution in [0.5, 0.6) is 0 Å². The predicted molar refractivity (Wildman–Crippen MR) is 90.7 cm³/mol. The summed E-state index contributed by atoms with van der Waals surface area (Å²) in [5.74, 6) is -0.0954. The molecule has 0 spiro atoms. The maximum Gasteiger partial charge on any atom is 0.247 e. The average Bonchev–Trinajstić information content (AvgIpc) is 3.10. The van der Waals surface area contributed by atoms with Gasteiger partial charge in [0.25, 0.3) is 0 Å². The number of benzene rings is 1. The van der Waals surface area contributed by atoms with Crippen LogP contribution in [-0.2, 0) is 11.2 Å². The number of amides is 1. The van der Waals surface area contributed by atoms with Crippen LogP contribution >= 0.6 is 23.7 Å². The number of aryl methyl sites for hydroxylation is 1. The fourth-order valence-corrected chi connectivity index (χ4v) is 2.98. The molecule has 0 saturated heterocycles. The number of aromatic nitrogens is 2. The first-order valence-electron chi connectivity index (χ1n) is 6.79. The van der Waals surface area contributed by atoms with Gasteiger partial charge in [-0.15, -0.1) is 22.6 Å². The van der Waals surface area contributed by atoms with Crippen LogP contribution in [0.2, 0.25) is 0 Å². The predicted octanol–water partition coefficient (Wildman–Crippen LogP) is 2.33. The van der Waals surface area contributed by atoms with E-state index in [4.69, 9.17) is 0 Å². The molecule has 2 N–H and O–H groups in total. The summed E-state index contributed by atoms with van der Waals surface area (Å²) in [6.45, 7) is 2.80. The van der Waals surface area contributed by atoms with Crippen LogP contribution in [0.1, 0.15) is 16.1 Å². The summed E-state index contributed by atoms with van der Waals surface area (Å²) in [5, 5.41) is 15.5. The number of halogens is 1. The Kier molecular flexibility index (Phi) is 5.65. The maximum absolute atomic E-state index is 11.9. The molecule has 0 aliphatic carbocycles. The van der Waals surface area contributed by atoms with Gasteiger partial charge in [-0.3, -0.25) is 15.4 Å². The van der Waals surface area contributed by atoms with Crippen LogP contribution in [0.3, 0.4) is 0 Å². The molecule has 0 radical (unpaired) electrons. The molecule has 116 valence electrons. The zero-order valence-corrected chi connectivity index (χ0v) is 13.7. The molecule has 1 aromatic carbocycles. The molecule has 1 aliphatic rings. The van der Waals surface area contributed by atoms with Crippen LogP contribution in [-0.4, -0.2) is 28.7 Å². The van der Waals surface area contributed by atoms with Crippen molar-refractivity contribution in [2.45, 2.75) is 19.4 Å². The van der Waals surface area contributed by atoms with Gasteiger partial charge < -0.3 is 0 Å². The van der Waals surface area contributed by atoms with E-state index >= 15 is 0 Å². The van der Waals surface area contributed by atoms with Gasteiger partial charge in [0, 0.05) is 13.0 Å². The first kappa shape index (κ1) is 16.6. The Bertz CT molecular complexity index is 686. The number of carbonyl (C=O) groups is 1. The van der Waals surface area contributed by atoms with Crippen LogP contribution < -0.4 is 10.6 Å². The van der Waals surface area contributed by atoms with Crippen LogP contribution in [0.15, 0.2) is 36.4 Å². The Balaban J connectivity index is 0.00000176. The lowest BCUT2D eigenvalue weighted by molar-refractivity contribution is -0.116. The van der Waals surface area contributed by atoms with Gasteiger partial charge >= 0.3 is 0 Å². The molecule has 1 amide bonds. The summed E-state index contributed by atoms with van der Waals surface area (Å²) >= 11 is 1.41.